The Balaban J connectivity index is 5.19. The number of hydrogen-bond donors (Lipinski definition) is 3. The maximum atomic E-state index is 13.0. The van der Waals surface area contributed by atoms with Crippen LogP contribution < -0.4 is 0 Å². The monoisotopic (exact) mass is 1250 g/mol. The third kappa shape index (κ3) is 60.7. The van der Waals surface area contributed by atoms with Crippen LogP contribution in [0.5, 0.6) is 0 Å². The molecule has 0 aliphatic rings. The minimum absolute atomic E-state index is 0.106. The lowest BCUT2D eigenvalue weighted by Gasteiger charge is -2.21. The molecule has 0 aliphatic carbocycles. The van der Waals surface area contributed by atoms with E-state index >= 15 is 0 Å². The van der Waals surface area contributed by atoms with Crippen molar-refractivity contribution in [3.05, 3.63) is 0 Å². The maximum absolute atomic E-state index is 13.0. The van der Waals surface area contributed by atoms with E-state index in [1.54, 1.807) is 0 Å². The first kappa shape index (κ1) is 83.1. The average Bonchev–Trinajstić information content (AvgIpc) is 3.48. The van der Waals surface area contributed by atoms with E-state index in [4.69, 9.17) is 37.0 Å². The summed E-state index contributed by atoms with van der Waals surface area (Å²) in [6.45, 7) is 7.20. The largest absolute Gasteiger partial charge is 0.472 e. The van der Waals surface area contributed by atoms with Gasteiger partial charge >= 0.3 is 39.5 Å². The Morgan fingerprint density at radius 3 is 0.800 bits per heavy atom. The fourth-order valence-electron chi connectivity index (χ4n) is 9.94. The van der Waals surface area contributed by atoms with Crippen LogP contribution in [0.1, 0.15) is 336 Å². The summed E-state index contributed by atoms with van der Waals surface area (Å²) >= 11 is 0. The van der Waals surface area contributed by atoms with Gasteiger partial charge in [-0.1, -0.05) is 285 Å². The molecule has 17 nitrogen and oxygen atoms in total. The molecule has 2 unspecified atom stereocenters. The zero-order valence-corrected chi connectivity index (χ0v) is 56.5. The fraction of sp³-hybridized carbons (Fsp3) is 0.939. The Bertz CT molecular complexity index is 1650. The number of phosphoric acid groups is 2. The predicted molar refractivity (Wildman–Crippen MR) is 340 cm³/mol. The number of esters is 4. The Labute approximate surface area is 517 Å². The van der Waals surface area contributed by atoms with Crippen LogP contribution in [0, 0.1) is 5.92 Å². The number of hydrogen-bond acceptors (Lipinski definition) is 15. The van der Waals surface area contributed by atoms with Crippen molar-refractivity contribution in [2.75, 3.05) is 39.6 Å². The van der Waals surface area contributed by atoms with Crippen molar-refractivity contribution in [2.24, 2.45) is 5.92 Å². The number of unbranched alkanes of at least 4 members (excludes halogenated alkanes) is 38. The van der Waals surface area contributed by atoms with Crippen molar-refractivity contribution < 1.29 is 80.2 Å². The third-order valence-electron chi connectivity index (χ3n) is 15.3. The Morgan fingerprint density at radius 2 is 0.541 bits per heavy atom. The highest BCUT2D eigenvalue weighted by Gasteiger charge is 2.30. The summed E-state index contributed by atoms with van der Waals surface area (Å²) in [5.41, 5.74) is 0. The molecule has 0 aromatic carbocycles. The molecule has 3 N–H and O–H groups in total. The number of aliphatic hydroxyl groups is 1. The lowest BCUT2D eigenvalue weighted by Crippen LogP contribution is -2.30. The number of carbonyl (C=O) groups excluding carboxylic acids is 4. The highest BCUT2D eigenvalue weighted by molar-refractivity contribution is 7.47. The zero-order chi connectivity index (χ0) is 62.8. The first-order valence-electron chi connectivity index (χ1n) is 34.6. The van der Waals surface area contributed by atoms with Gasteiger partial charge in [-0.2, -0.15) is 0 Å². The summed E-state index contributed by atoms with van der Waals surface area (Å²) in [6, 6.07) is 0. The van der Waals surface area contributed by atoms with Gasteiger partial charge in [0.05, 0.1) is 26.4 Å². The molecule has 19 heteroatoms. The normalized spacial score (nSPS) is 14.2. The summed E-state index contributed by atoms with van der Waals surface area (Å²) in [5.74, 6) is -1.34. The van der Waals surface area contributed by atoms with Crippen molar-refractivity contribution in [3.8, 4) is 0 Å². The molecule has 0 radical (unpaired) electrons. The Morgan fingerprint density at radius 1 is 0.318 bits per heavy atom. The van der Waals surface area contributed by atoms with Crippen LogP contribution >= 0.6 is 15.6 Å². The first-order valence-corrected chi connectivity index (χ1v) is 37.6. The van der Waals surface area contributed by atoms with E-state index in [0.29, 0.717) is 25.7 Å². The van der Waals surface area contributed by atoms with Gasteiger partial charge in [0.25, 0.3) is 0 Å². The molecule has 0 amide bonds. The summed E-state index contributed by atoms with van der Waals surface area (Å²) in [4.78, 5) is 72.2. The molecule has 85 heavy (non-hydrogen) atoms. The lowest BCUT2D eigenvalue weighted by molar-refractivity contribution is -0.161. The minimum atomic E-state index is -4.94. The first-order chi connectivity index (χ1) is 41.0. The van der Waals surface area contributed by atoms with Gasteiger partial charge in [-0.3, -0.25) is 37.3 Å². The number of aliphatic hydroxyl groups excluding tert-OH is 1. The molecule has 0 aromatic rings. The van der Waals surface area contributed by atoms with Crippen molar-refractivity contribution in [1.82, 2.24) is 0 Å². The molecular formula is C66H128O17P2. The number of ether oxygens (including phenoxy) is 4. The van der Waals surface area contributed by atoms with Crippen LogP contribution in [0.25, 0.3) is 0 Å². The van der Waals surface area contributed by atoms with Gasteiger partial charge in [0.15, 0.2) is 12.2 Å². The van der Waals surface area contributed by atoms with Crippen LogP contribution in [0.15, 0.2) is 0 Å². The molecule has 0 rings (SSSR count). The predicted octanol–water partition coefficient (Wildman–Crippen LogP) is 18.6. The second-order valence-electron chi connectivity index (χ2n) is 24.3. The fourth-order valence-corrected chi connectivity index (χ4v) is 11.5. The van der Waals surface area contributed by atoms with Crippen LogP contribution in [-0.2, 0) is 65.4 Å². The summed E-state index contributed by atoms with van der Waals surface area (Å²) in [7, 11) is -9.88. The van der Waals surface area contributed by atoms with Crippen molar-refractivity contribution in [2.45, 2.75) is 355 Å². The van der Waals surface area contributed by atoms with Crippen molar-refractivity contribution in [1.29, 1.82) is 0 Å². The van der Waals surface area contributed by atoms with Gasteiger partial charge < -0.3 is 33.8 Å². The minimum Gasteiger partial charge on any atom is -0.462 e. The van der Waals surface area contributed by atoms with Gasteiger partial charge in [-0.25, -0.2) is 9.13 Å². The molecule has 504 valence electrons. The molecule has 0 fully saturated rings. The van der Waals surface area contributed by atoms with E-state index in [1.165, 1.54) is 161 Å². The standard InChI is InChI=1S/C66H128O17P2/c1-6-9-12-15-18-21-31-35-40-45-50-64(69)77-56-62(83-66(71)52-47-42-37-32-27-25-23-22-24-26-30-33-38-43-48-59(4)5)58-81-85(74,75)79-54-60(67)53-78-84(72,73)80-57-61(82-65(70)51-46-41-36-29-20-17-14-11-8-3)55-76-63(68)49-44-39-34-28-19-16-13-10-7-2/h59-62,67H,6-58H2,1-5H3,(H,72,73)(H,74,75)/t60-,61+,62+/m0/s1. The van der Waals surface area contributed by atoms with E-state index < -0.39 is 97.5 Å². The molecular weight excluding hydrogens is 1130 g/mol. The van der Waals surface area contributed by atoms with E-state index in [9.17, 15) is 43.2 Å². The quantitative estimate of drug-likeness (QED) is 0.0222. The number of rotatable bonds is 66. The summed E-state index contributed by atoms with van der Waals surface area (Å²) < 4.78 is 68.0. The van der Waals surface area contributed by atoms with E-state index in [0.717, 1.165) is 95.8 Å². The molecule has 0 aliphatic heterocycles. The number of phosphoric ester groups is 2. The third-order valence-corrected chi connectivity index (χ3v) is 17.2. The lowest BCUT2D eigenvalue weighted by atomic mass is 10.0. The highest BCUT2D eigenvalue weighted by Crippen LogP contribution is 2.45. The van der Waals surface area contributed by atoms with Crippen molar-refractivity contribution in [3.63, 3.8) is 0 Å². The molecule has 0 heterocycles. The second-order valence-corrected chi connectivity index (χ2v) is 27.2. The van der Waals surface area contributed by atoms with Gasteiger partial charge in [0.1, 0.15) is 19.3 Å². The molecule has 0 saturated carbocycles. The topological polar surface area (TPSA) is 237 Å². The average molecular weight is 1260 g/mol. The van der Waals surface area contributed by atoms with Crippen LogP contribution in [0.2, 0.25) is 0 Å². The molecule has 0 aromatic heterocycles. The maximum Gasteiger partial charge on any atom is 0.472 e. The number of carbonyl (C=O) groups is 4. The van der Waals surface area contributed by atoms with Gasteiger partial charge in [-0.05, 0) is 31.6 Å². The van der Waals surface area contributed by atoms with Crippen LogP contribution in [-0.4, -0.2) is 96.7 Å². The smallest absolute Gasteiger partial charge is 0.462 e. The van der Waals surface area contributed by atoms with E-state index in [-0.39, 0.29) is 25.7 Å². The Kier molecular flexibility index (Phi) is 58.3. The zero-order valence-electron chi connectivity index (χ0n) is 54.7. The summed E-state index contributed by atoms with van der Waals surface area (Å²) in [6.07, 6.45) is 44.4. The molecule has 0 bridgehead atoms. The van der Waals surface area contributed by atoms with Gasteiger partial charge in [0.2, 0.25) is 0 Å². The summed E-state index contributed by atoms with van der Waals surface area (Å²) in [5, 5.41) is 10.5. The molecule has 0 saturated heterocycles. The van der Waals surface area contributed by atoms with Crippen LogP contribution in [0.3, 0.4) is 0 Å². The second kappa shape index (κ2) is 59.7. The Hall–Kier alpha value is -1.94. The molecule has 0 spiro atoms. The van der Waals surface area contributed by atoms with E-state index in [1.807, 2.05) is 0 Å². The SMILES string of the molecule is CCCCCCCCCCCCC(=O)OC[C@H](COP(=O)(O)OC[C@@H](O)COP(=O)(O)OC[C@@H](COC(=O)CCCCCCCCCCC)OC(=O)CCCCCCCCCCC)OC(=O)CCCCCCCCCCCCCCCCC(C)C. The van der Waals surface area contributed by atoms with E-state index in [2.05, 4.69) is 34.6 Å². The van der Waals surface area contributed by atoms with Crippen LogP contribution in [0.4, 0.5) is 0 Å². The van der Waals surface area contributed by atoms with Crippen molar-refractivity contribution >= 4 is 39.5 Å². The van der Waals surface area contributed by atoms with Gasteiger partial charge in [0, 0.05) is 25.7 Å². The van der Waals surface area contributed by atoms with Gasteiger partial charge in [-0.15, -0.1) is 0 Å². The highest BCUT2D eigenvalue weighted by atomic mass is 31.2. The molecule has 5 atom stereocenters.